The highest BCUT2D eigenvalue weighted by Crippen LogP contribution is 2.10. The summed E-state index contributed by atoms with van der Waals surface area (Å²) < 4.78 is 0. The van der Waals surface area contributed by atoms with Gasteiger partial charge in [-0.15, -0.1) is 0 Å². The minimum atomic E-state index is 1.09. The molecule has 0 aliphatic rings. The summed E-state index contributed by atoms with van der Waals surface area (Å²) in [7, 11) is 0. The number of aromatic nitrogens is 1. The Bertz CT molecular complexity index is 208. The molecule has 0 saturated carbocycles. The highest BCUT2D eigenvalue weighted by atomic mass is 14.7. The van der Waals surface area contributed by atoms with Crippen molar-refractivity contribution in [3.8, 4) is 0 Å². The lowest BCUT2D eigenvalue weighted by molar-refractivity contribution is 1.02. The zero-order valence-electron chi connectivity index (χ0n) is 6.81. The number of rotatable bonds is 1. The summed E-state index contributed by atoms with van der Waals surface area (Å²) in [5.41, 5.74) is 3.92. The molecule has 1 heterocycles. The lowest BCUT2D eigenvalue weighted by Crippen LogP contribution is -1.93. The fourth-order valence-electron chi connectivity index (χ4n) is 1.26. The van der Waals surface area contributed by atoms with Crippen LogP contribution in [0.15, 0.2) is 12.3 Å². The zero-order chi connectivity index (χ0) is 7.56. The van der Waals surface area contributed by atoms with Crippen LogP contribution >= 0.6 is 0 Å². The van der Waals surface area contributed by atoms with Gasteiger partial charge in [0.25, 0.3) is 0 Å². The van der Waals surface area contributed by atoms with Crippen LogP contribution in [0.25, 0.3) is 0 Å². The van der Waals surface area contributed by atoms with Gasteiger partial charge in [-0.05, 0) is 37.5 Å². The standard InChI is InChI=1S/C9H13N/c1-4-9-7(2)5-6-10-8(9)3/h5-6H,4H2,1-3H3. The van der Waals surface area contributed by atoms with E-state index < -0.39 is 0 Å². The first-order valence-electron chi connectivity index (χ1n) is 3.66. The Hall–Kier alpha value is -0.850. The fourth-order valence-corrected chi connectivity index (χ4v) is 1.26. The molecule has 0 fully saturated rings. The van der Waals surface area contributed by atoms with Gasteiger partial charge < -0.3 is 0 Å². The van der Waals surface area contributed by atoms with Crippen LogP contribution in [-0.4, -0.2) is 4.98 Å². The maximum absolute atomic E-state index is 4.21. The van der Waals surface area contributed by atoms with E-state index in [0.717, 1.165) is 6.42 Å². The second-order valence-electron chi connectivity index (χ2n) is 2.55. The average molecular weight is 135 g/mol. The molecular formula is C9H13N. The summed E-state index contributed by atoms with van der Waals surface area (Å²) in [6.07, 6.45) is 2.95. The van der Waals surface area contributed by atoms with E-state index in [-0.39, 0.29) is 0 Å². The van der Waals surface area contributed by atoms with Crippen molar-refractivity contribution in [2.24, 2.45) is 0 Å². The number of aryl methyl sites for hydroxylation is 2. The van der Waals surface area contributed by atoms with Crippen LogP contribution in [0.4, 0.5) is 0 Å². The maximum atomic E-state index is 4.21. The molecule has 10 heavy (non-hydrogen) atoms. The Labute approximate surface area is 62.1 Å². The number of hydrogen-bond donors (Lipinski definition) is 0. The van der Waals surface area contributed by atoms with Crippen molar-refractivity contribution in [1.82, 2.24) is 4.98 Å². The van der Waals surface area contributed by atoms with E-state index in [2.05, 4.69) is 31.8 Å². The molecule has 0 saturated heterocycles. The number of nitrogens with zero attached hydrogens (tertiary/aromatic N) is 1. The molecule has 1 aromatic heterocycles. The average Bonchev–Trinajstić information content (AvgIpc) is 1.88. The lowest BCUT2D eigenvalue weighted by atomic mass is 10.1. The highest BCUT2D eigenvalue weighted by molar-refractivity contribution is 5.27. The predicted molar refractivity (Wildman–Crippen MR) is 43.1 cm³/mol. The molecule has 0 unspecified atom stereocenters. The third kappa shape index (κ3) is 1.18. The summed E-state index contributed by atoms with van der Waals surface area (Å²) in [4.78, 5) is 4.21. The largest absolute Gasteiger partial charge is 0.261 e. The van der Waals surface area contributed by atoms with E-state index >= 15 is 0 Å². The van der Waals surface area contributed by atoms with Crippen LogP contribution in [0.2, 0.25) is 0 Å². The van der Waals surface area contributed by atoms with Gasteiger partial charge in [0.05, 0.1) is 0 Å². The quantitative estimate of drug-likeness (QED) is 0.575. The van der Waals surface area contributed by atoms with Crippen LogP contribution in [0.5, 0.6) is 0 Å². The van der Waals surface area contributed by atoms with Gasteiger partial charge >= 0.3 is 0 Å². The summed E-state index contributed by atoms with van der Waals surface area (Å²) in [5, 5.41) is 0. The molecule has 1 aromatic rings. The minimum absolute atomic E-state index is 1.09. The fraction of sp³-hybridized carbons (Fsp3) is 0.444. The van der Waals surface area contributed by atoms with Gasteiger partial charge in [-0.1, -0.05) is 6.92 Å². The van der Waals surface area contributed by atoms with Crippen molar-refractivity contribution in [2.75, 3.05) is 0 Å². The lowest BCUT2D eigenvalue weighted by Gasteiger charge is -2.03. The van der Waals surface area contributed by atoms with Gasteiger partial charge in [0, 0.05) is 11.9 Å². The molecule has 0 bridgehead atoms. The molecule has 0 aliphatic heterocycles. The summed E-state index contributed by atoms with van der Waals surface area (Å²) in [5.74, 6) is 0. The monoisotopic (exact) mass is 135 g/mol. The Morgan fingerprint density at radius 3 is 2.50 bits per heavy atom. The minimum Gasteiger partial charge on any atom is -0.261 e. The van der Waals surface area contributed by atoms with Crippen molar-refractivity contribution >= 4 is 0 Å². The second-order valence-corrected chi connectivity index (χ2v) is 2.55. The first-order chi connectivity index (χ1) is 4.75. The number of hydrogen-bond acceptors (Lipinski definition) is 1. The molecule has 1 heteroatoms. The predicted octanol–water partition coefficient (Wildman–Crippen LogP) is 2.26. The highest BCUT2D eigenvalue weighted by Gasteiger charge is 1.97. The topological polar surface area (TPSA) is 12.9 Å². The van der Waals surface area contributed by atoms with Crippen molar-refractivity contribution in [2.45, 2.75) is 27.2 Å². The third-order valence-corrected chi connectivity index (χ3v) is 1.86. The molecule has 0 aliphatic carbocycles. The number of pyridine rings is 1. The van der Waals surface area contributed by atoms with Gasteiger partial charge in [-0.2, -0.15) is 0 Å². The molecular weight excluding hydrogens is 122 g/mol. The molecule has 1 nitrogen and oxygen atoms in total. The Morgan fingerprint density at radius 1 is 1.40 bits per heavy atom. The van der Waals surface area contributed by atoms with Crippen molar-refractivity contribution < 1.29 is 0 Å². The normalized spacial score (nSPS) is 9.90. The smallest absolute Gasteiger partial charge is 0.0407 e. The van der Waals surface area contributed by atoms with Crippen molar-refractivity contribution in [3.63, 3.8) is 0 Å². The summed E-state index contributed by atoms with van der Waals surface area (Å²) in [6, 6.07) is 2.06. The maximum Gasteiger partial charge on any atom is 0.0407 e. The molecule has 0 aromatic carbocycles. The van der Waals surface area contributed by atoms with Gasteiger partial charge in [-0.3, -0.25) is 4.98 Å². The molecule has 0 N–H and O–H groups in total. The van der Waals surface area contributed by atoms with Crippen molar-refractivity contribution in [1.29, 1.82) is 0 Å². The second kappa shape index (κ2) is 2.82. The van der Waals surface area contributed by atoms with Crippen molar-refractivity contribution in [3.05, 3.63) is 29.1 Å². The summed E-state index contributed by atoms with van der Waals surface area (Å²) >= 11 is 0. The Morgan fingerprint density at radius 2 is 2.10 bits per heavy atom. The van der Waals surface area contributed by atoms with Crippen LogP contribution in [0, 0.1) is 13.8 Å². The molecule has 0 radical (unpaired) electrons. The summed E-state index contributed by atoms with van der Waals surface area (Å²) in [6.45, 7) is 6.36. The van der Waals surface area contributed by atoms with Crippen LogP contribution < -0.4 is 0 Å². The van der Waals surface area contributed by atoms with Crippen LogP contribution in [-0.2, 0) is 6.42 Å². The first kappa shape index (κ1) is 7.26. The van der Waals surface area contributed by atoms with E-state index in [4.69, 9.17) is 0 Å². The van der Waals surface area contributed by atoms with Gasteiger partial charge in [0.15, 0.2) is 0 Å². The first-order valence-corrected chi connectivity index (χ1v) is 3.66. The van der Waals surface area contributed by atoms with E-state index in [1.165, 1.54) is 16.8 Å². The van der Waals surface area contributed by atoms with E-state index in [0.29, 0.717) is 0 Å². The molecule has 0 spiro atoms. The molecule has 1 rings (SSSR count). The Balaban J connectivity index is 3.17. The van der Waals surface area contributed by atoms with Gasteiger partial charge in [-0.25, -0.2) is 0 Å². The van der Waals surface area contributed by atoms with Gasteiger partial charge in [0.1, 0.15) is 0 Å². The van der Waals surface area contributed by atoms with Gasteiger partial charge in [0.2, 0.25) is 0 Å². The van der Waals surface area contributed by atoms with E-state index in [1.807, 2.05) is 6.20 Å². The SMILES string of the molecule is CCc1c(C)ccnc1C. The zero-order valence-corrected chi connectivity index (χ0v) is 6.81. The molecule has 0 atom stereocenters. The van der Waals surface area contributed by atoms with E-state index in [9.17, 15) is 0 Å². The van der Waals surface area contributed by atoms with Crippen LogP contribution in [0.1, 0.15) is 23.7 Å². The third-order valence-electron chi connectivity index (χ3n) is 1.86. The van der Waals surface area contributed by atoms with Crippen LogP contribution in [0.3, 0.4) is 0 Å². The molecule has 54 valence electrons. The molecule has 0 amide bonds. The Kier molecular flexibility index (Phi) is 2.05. The van der Waals surface area contributed by atoms with E-state index in [1.54, 1.807) is 0 Å².